The van der Waals surface area contributed by atoms with Crippen LogP contribution in [0.15, 0.2) is 24.3 Å². The second-order valence-corrected chi connectivity index (χ2v) is 4.43. The van der Waals surface area contributed by atoms with Gasteiger partial charge >= 0.3 is 0 Å². The van der Waals surface area contributed by atoms with E-state index in [0.717, 1.165) is 44.3 Å². The van der Waals surface area contributed by atoms with Crippen LogP contribution in [-0.4, -0.2) is 22.0 Å². The van der Waals surface area contributed by atoms with Gasteiger partial charge in [0.1, 0.15) is 0 Å². The smallest absolute Gasteiger partial charge is 0.231 e. The van der Waals surface area contributed by atoms with Crippen LogP contribution in [0, 0.1) is 0 Å². The van der Waals surface area contributed by atoms with Gasteiger partial charge in [0.25, 0.3) is 0 Å². The Labute approximate surface area is 101 Å². The van der Waals surface area contributed by atoms with E-state index in [2.05, 4.69) is 15.2 Å². The molecule has 5 heteroatoms. The van der Waals surface area contributed by atoms with E-state index in [4.69, 9.17) is 9.47 Å². The van der Waals surface area contributed by atoms with Crippen molar-refractivity contribution in [3.05, 3.63) is 24.3 Å². The standard InChI is InChI=1S/C13H7N3O2/c1-2-8-11-12(14-13(11)16-15-8)7-4-10-9(3-6(1)7)17-5-18-10/h1-4H,5H2,(H,14,15,16). The number of hydrogen-bond donors (Lipinski definition) is 1. The van der Waals surface area contributed by atoms with Crippen molar-refractivity contribution in [2.24, 2.45) is 0 Å². The summed E-state index contributed by atoms with van der Waals surface area (Å²) in [5.74, 6) is 1.59. The molecule has 5 rings (SSSR count). The van der Waals surface area contributed by atoms with Gasteiger partial charge in [-0.25, -0.2) is 0 Å². The second kappa shape index (κ2) is 2.64. The number of rotatable bonds is 0. The molecule has 5 nitrogen and oxygen atoms in total. The Morgan fingerprint density at radius 1 is 1.06 bits per heavy atom. The Morgan fingerprint density at radius 2 is 1.94 bits per heavy atom. The molecule has 2 aromatic carbocycles. The maximum absolute atomic E-state index is 5.43. The summed E-state index contributed by atoms with van der Waals surface area (Å²) in [6.07, 6.45) is 0. The summed E-state index contributed by atoms with van der Waals surface area (Å²) >= 11 is 0. The van der Waals surface area contributed by atoms with Gasteiger partial charge in [0.15, 0.2) is 17.1 Å². The molecule has 0 bridgehead atoms. The van der Waals surface area contributed by atoms with Crippen molar-refractivity contribution >= 4 is 32.8 Å². The van der Waals surface area contributed by atoms with E-state index >= 15 is 0 Å². The molecule has 1 aliphatic rings. The Kier molecular flexibility index (Phi) is 1.25. The molecule has 0 fully saturated rings. The highest BCUT2D eigenvalue weighted by molar-refractivity contribution is 6.18. The summed E-state index contributed by atoms with van der Waals surface area (Å²) < 4.78 is 10.8. The molecule has 1 aliphatic heterocycles. The summed E-state index contributed by atoms with van der Waals surface area (Å²) in [6.45, 7) is 0.292. The van der Waals surface area contributed by atoms with Crippen molar-refractivity contribution in [3.8, 4) is 11.5 Å². The third kappa shape index (κ3) is 0.851. The zero-order valence-electron chi connectivity index (χ0n) is 9.23. The summed E-state index contributed by atoms with van der Waals surface area (Å²) in [7, 11) is 0. The van der Waals surface area contributed by atoms with Crippen LogP contribution < -0.4 is 9.47 Å². The monoisotopic (exact) mass is 237 g/mol. The molecule has 4 aromatic rings. The zero-order chi connectivity index (χ0) is 11.7. The number of hydrogen-bond acceptors (Lipinski definition) is 4. The molecule has 0 saturated heterocycles. The van der Waals surface area contributed by atoms with E-state index in [1.54, 1.807) is 0 Å². The lowest BCUT2D eigenvalue weighted by Gasteiger charge is -2.03. The van der Waals surface area contributed by atoms with E-state index in [9.17, 15) is 0 Å². The van der Waals surface area contributed by atoms with Gasteiger partial charge in [0.2, 0.25) is 6.79 Å². The fourth-order valence-electron chi connectivity index (χ4n) is 2.58. The first-order valence-electron chi connectivity index (χ1n) is 5.70. The average Bonchev–Trinajstić information content (AvgIpc) is 2.89. The fraction of sp³-hybridized carbons (Fsp3) is 0.0769. The number of ether oxygens (including phenoxy) is 2. The van der Waals surface area contributed by atoms with Gasteiger partial charge in [-0.3, -0.25) is 0 Å². The maximum atomic E-state index is 5.43. The highest BCUT2D eigenvalue weighted by Crippen LogP contribution is 2.39. The molecule has 2 aromatic heterocycles. The number of H-pyrrole nitrogens is 1. The van der Waals surface area contributed by atoms with Crippen LogP contribution in [0.1, 0.15) is 0 Å². The molecule has 86 valence electrons. The Balaban J connectivity index is 2.05. The summed E-state index contributed by atoms with van der Waals surface area (Å²) in [5.41, 5.74) is 2.84. The van der Waals surface area contributed by atoms with E-state index in [1.807, 2.05) is 24.3 Å². The minimum atomic E-state index is 0.292. The van der Waals surface area contributed by atoms with Crippen LogP contribution in [0.4, 0.5) is 0 Å². The summed E-state index contributed by atoms with van der Waals surface area (Å²) in [5, 5.41) is 11.5. The van der Waals surface area contributed by atoms with Crippen LogP contribution >= 0.6 is 0 Å². The lowest BCUT2D eigenvalue weighted by atomic mass is 10.1. The third-order valence-electron chi connectivity index (χ3n) is 3.48. The number of nitrogens with one attached hydrogen (secondary N) is 1. The van der Waals surface area contributed by atoms with E-state index in [1.165, 1.54) is 0 Å². The van der Waals surface area contributed by atoms with Crippen molar-refractivity contribution in [2.75, 3.05) is 6.79 Å². The first-order chi connectivity index (χ1) is 8.90. The normalized spacial score (nSPS) is 14.2. The molecule has 0 atom stereocenters. The predicted octanol–water partition coefficient (Wildman–Crippen LogP) is 2.43. The molecule has 1 N–H and O–H groups in total. The molecule has 3 heterocycles. The van der Waals surface area contributed by atoms with E-state index in [-0.39, 0.29) is 0 Å². The SMILES string of the molecule is c1cc2nnc3[nH]c(c4cc5c(cc14)OCO5)c23. The zero-order valence-corrected chi connectivity index (χ0v) is 9.23. The molecule has 18 heavy (non-hydrogen) atoms. The largest absolute Gasteiger partial charge is 0.454 e. The van der Waals surface area contributed by atoms with Crippen LogP contribution in [0.5, 0.6) is 11.5 Å². The molecule has 0 saturated carbocycles. The lowest BCUT2D eigenvalue weighted by Crippen LogP contribution is -1.92. The Bertz CT molecular complexity index is 913. The average molecular weight is 237 g/mol. The van der Waals surface area contributed by atoms with Gasteiger partial charge < -0.3 is 14.5 Å². The maximum Gasteiger partial charge on any atom is 0.231 e. The first-order valence-corrected chi connectivity index (χ1v) is 5.70. The van der Waals surface area contributed by atoms with Crippen LogP contribution in [0.2, 0.25) is 0 Å². The van der Waals surface area contributed by atoms with Crippen LogP contribution in [-0.2, 0) is 0 Å². The topological polar surface area (TPSA) is 60.0 Å². The second-order valence-electron chi connectivity index (χ2n) is 4.43. The van der Waals surface area contributed by atoms with E-state index < -0.39 is 0 Å². The van der Waals surface area contributed by atoms with Crippen molar-refractivity contribution in [2.45, 2.75) is 0 Å². The Morgan fingerprint density at radius 3 is 2.89 bits per heavy atom. The molecular weight excluding hydrogens is 230 g/mol. The first kappa shape index (κ1) is 8.52. The van der Waals surface area contributed by atoms with Crippen molar-refractivity contribution < 1.29 is 9.47 Å². The third-order valence-corrected chi connectivity index (χ3v) is 3.48. The highest BCUT2D eigenvalue weighted by atomic mass is 16.7. The minimum absolute atomic E-state index is 0.292. The summed E-state index contributed by atoms with van der Waals surface area (Å²) in [6, 6.07) is 8.03. The Hall–Kier alpha value is -2.56. The molecule has 0 spiro atoms. The van der Waals surface area contributed by atoms with Gasteiger partial charge in [-0.2, -0.15) is 0 Å². The van der Waals surface area contributed by atoms with Gasteiger partial charge in [0, 0.05) is 5.39 Å². The highest BCUT2D eigenvalue weighted by Gasteiger charge is 2.18. The van der Waals surface area contributed by atoms with Crippen LogP contribution in [0.3, 0.4) is 0 Å². The summed E-state index contributed by atoms with van der Waals surface area (Å²) in [4.78, 5) is 3.24. The molecule has 0 unspecified atom stereocenters. The minimum Gasteiger partial charge on any atom is -0.454 e. The van der Waals surface area contributed by atoms with Gasteiger partial charge in [-0.15, -0.1) is 10.2 Å². The number of aromatic nitrogens is 3. The fourth-order valence-corrected chi connectivity index (χ4v) is 2.58. The van der Waals surface area contributed by atoms with E-state index in [0.29, 0.717) is 6.79 Å². The van der Waals surface area contributed by atoms with Crippen molar-refractivity contribution in [1.29, 1.82) is 0 Å². The van der Waals surface area contributed by atoms with Crippen molar-refractivity contribution in [1.82, 2.24) is 15.2 Å². The lowest BCUT2D eigenvalue weighted by molar-refractivity contribution is 0.174. The molecule has 0 radical (unpaired) electrons. The molecule has 0 aliphatic carbocycles. The quantitative estimate of drug-likeness (QED) is 0.510. The van der Waals surface area contributed by atoms with Gasteiger partial charge in [-0.05, 0) is 23.6 Å². The predicted molar refractivity (Wildman–Crippen MR) is 66.2 cm³/mol. The number of fused-ring (bicyclic) bond motifs is 3. The molecular formula is C13H7N3O2. The van der Waals surface area contributed by atoms with Gasteiger partial charge in [-0.1, -0.05) is 6.07 Å². The number of aromatic amines is 1. The number of nitrogens with zero attached hydrogens (tertiary/aromatic N) is 2. The van der Waals surface area contributed by atoms with Gasteiger partial charge in [0.05, 0.1) is 16.4 Å². The van der Waals surface area contributed by atoms with Crippen LogP contribution in [0.25, 0.3) is 32.8 Å². The molecule has 0 amide bonds. The number of benzene rings is 1. The van der Waals surface area contributed by atoms with Crippen molar-refractivity contribution in [3.63, 3.8) is 0 Å².